The summed E-state index contributed by atoms with van der Waals surface area (Å²) < 4.78 is 31.8. The number of carbonyl (C=O) groups excluding carboxylic acids is 1. The van der Waals surface area contributed by atoms with Gasteiger partial charge in [0.2, 0.25) is 16.3 Å². The van der Waals surface area contributed by atoms with Crippen LogP contribution in [0.4, 0.5) is 11.4 Å². The Morgan fingerprint density at radius 1 is 0.778 bits per heavy atom. The van der Waals surface area contributed by atoms with Crippen molar-refractivity contribution in [3.05, 3.63) is 24.3 Å². The van der Waals surface area contributed by atoms with Gasteiger partial charge in [-0.05, 0) is 18.6 Å². The lowest BCUT2D eigenvalue weighted by molar-refractivity contribution is -0.116. The van der Waals surface area contributed by atoms with Crippen LogP contribution in [0.3, 0.4) is 0 Å². The summed E-state index contributed by atoms with van der Waals surface area (Å²) in [6.45, 7) is 2.28. The van der Waals surface area contributed by atoms with Gasteiger partial charge < -0.3 is 9.87 Å². The van der Waals surface area contributed by atoms with Crippen molar-refractivity contribution in [1.82, 2.24) is 4.48 Å². The number of rotatable bonds is 19. The van der Waals surface area contributed by atoms with Crippen LogP contribution in [-0.2, 0) is 19.4 Å². The number of hydrogen-bond donors (Lipinski definition) is 1. The standard InChI is InChI=1S/C27H48N2O.CH4O4S/c1-5-6-7-8-9-10-11-12-13-14-15-16-17-18-19-20-27(30)28-25-21-23-26(24-22-25)29(2,3)4;1-5-6(2,3)4/h21-24H,5-20H2,1-4H3;1H3,(H,2,3,4). The molecule has 8 heteroatoms. The van der Waals surface area contributed by atoms with E-state index in [2.05, 4.69) is 49.7 Å². The first kappa shape index (κ1) is 34.5. The number of quaternary nitrogens is 1. The number of nitrogens with one attached hydrogen (secondary N) is 1. The van der Waals surface area contributed by atoms with Crippen molar-refractivity contribution in [2.24, 2.45) is 0 Å². The fourth-order valence-corrected chi connectivity index (χ4v) is 3.87. The molecule has 0 radical (unpaired) electrons. The summed E-state index contributed by atoms with van der Waals surface area (Å²) >= 11 is 0. The monoisotopic (exact) mass is 528 g/mol. The van der Waals surface area contributed by atoms with Crippen LogP contribution in [-0.4, -0.2) is 47.1 Å². The van der Waals surface area contributed by atoms with Crippen LogP contribution in [0.2, 0.25) is 0 Å². The largest absolute Gasteiger partial charge is 0.726 e. The topological polar surface area (TPSA) is 95.5 Å². The molecule has 0 heterocycles. The lowest BCUT2D eigenvalue weighted by Crippen LogP contribution is -2.34. The Balaban J connectivity index is 0.00000181. The smallest absolute Gasteiger partial charge is 0.224 e. The Bertz CT molecular complexity index is 774. The summed E-state index contributed by atoms with van der Waals surface area (Å²) in [6, 6.07) is 8.18. The third-order valence-electron chi connectivity index (χ3n) is 6.14. The normalized spacial score (nSPS) is 11.6. The second kappa shape index (κ2) is 20.6. The van der Waals surface area contributed by atoms with Crippen molar-refractivity contribution in [2.75, 3.05) is 33.6 Å². The van der Waals surface area contributed by atoms with E-state index < -0.39 is 10.4 Å². The van der Waals surface area contributed by atoms with Crippen LogP contribution in [0.5, 0.6) is 0 Å². The van der Waals surface area contributed by atoms with E-state index >= 15 is 0 Å². The van der Waals surface area contributed by atoms with Crippen LogP contribution >= 0.6 is 0 Å². The first-order valence-corrected chi connectivity index (χ1v) is 15.1. The lowest BCUT2D eigenvalue weighted by Gasteiger charge is -2.23. The Hall–Kier alpha value is -1.48. The summed E-state index contributed by atoms with van der Waals surface area (Å²) in [6.07, 6.45) is 20.9. The predicted octanol–water partition coefficient (Wildman–Crippen LogP) is 7.18. The van der Waals surface area contributed by atoms with E-state index in [1.165, 1.54) is 95.6 Å². The molecule has 1 N–H and O–H groups in total. The fraction of sp³-hybridized carbons (Fsp3) is 0.750. The van der Waals surface area contributed by atoms with Crippen LogP contribution in [0.15, 0.2) is 24.3 Å². The minimum atomic E-state index is -4.41. The highest BCUT2D eigenvalue weighted by Crippen LogP contribution is 2.20. The van der Waals surface area contributed by atoms with Crippen molar-refractivity contribution >= 4 is 27.7 Å². The van der Waals surface area contributed by atoms with Crippen molar-refractivity contribution in [2.45, 2.75) is 110 Å². The summed E-state index contributed by atoms with van der Waals surface area (Å²) in [7, 11) is 2.82. The molecule has 0 aliphatic carbocycles. The number of hydrogen-bond acceptors (Lipinski definition) is 5. The molecule has 0 aliphatic rings. The van der Waals surface area contributed by atoms with E-state index in [-0.39, 0.29) is 5.91 Å². The number of anilines is 1. The zero-order valence-corrected chi connectivity index (χ0v) is 24.3. The van der Waals surface area contributed by atoms with E-state index in [9.17, 15) is 17.8 Å². The maximum Gasteiger partial charge on any atom is 0.224 e. The van der Waals surface area contributed by atoms with Crippen LogP contribution in [0.25, 0.3) is 0 Å². The molecule has 1 rings (SSSR count). The van der Waals surface area contributed by atoms with Gasteiger partial charge in [-0.3, -0.25) is 13.5 Å². The summed E-state index contributed by atoms with van der Waals surface area (Å²) in [4.78, 5) is 12.1. The molecule has 0 fully saturated rings. The van der Waals surface area contributed by atoms with Crippen LogP contribution < -0.4 is 9.80 Å². The molecule has 0 unspecified atom stereocenters. The quantitative estimate of drug-likeness (QED) is 0.0888. The number of carbonyl (C=O) groups is 1. The van der Waals surface area contributed by atoms with Gasteiger partial charge in [-0.15, -0.1) is 0 Å². The second-order valence-corrected chi connectivity index (χ2v) is 11.5. The van der Waals surface area contributed by atoms with Gasteiger partial charge in [0.15, 0.2) is 0 Å². The third-order valence-corrected chi connectivity index (χ3v) is 6.55. The minimum absolute atomic E-state index is 0.141. The maximum atomic E-state index is 12.1. The first-order chi connectivity index (χ1) is 17.0. The van der Waals surface area contributed by atoms with Crippen molar-refractivity contribution in [3.8, 4) is 0 Å². The van der Waals surface area contributed by atoms with Crippen LogP contribution in [0, 0.1) is 0 Å². The first-order valence-electron chi connectivity index (χ1n) is 13.7. The Morgan fingerprint density at radius 2 is 1.14 bits per heavy atom. The molecule has 7 nitrogen and oxygen atoms in total. The molecule has 36 heavy (non-hydrogen) atoms. The fourth-order valence-electron chi connectivity index (χ4n) is 3.87. The number of benzene rings is 1. The molecule has 1 amide bonds. The zero-order chi connectivity index (χ0) is 27.3. The van der Waals surface area contributed by atoms with Gasteiger partial charge in [-0.1, -0.05) is 96.8 Å². The molecule has 210 valence electrons. The van der Waals surface area contributed by atoms with Gasteiger partial charge in [0.05, 0.1) is 28.3 Å². The molecule has 0 aliphatic heterocycles. The Labute approximate surface area is 221 Å². The van der Waals surface area contributed by atoms with Crippen molar-refractivity contribution in [3.63, 3.8) is 0 Å². The number of nitrogens with zero attached hydrogens (tertiary/aromatic N) is 1. The molecular formula is C28H52N2O5S. The van der Waals surface area contributed by atoms with Crippen molar-refractivity contribution in [1.29, 1.82) is 0 Å². The van der Waals surface area contributed by atoms with E-state index in [0.29, 0.717) is 6.42 Å². The van der Waals surface area contributed by atoms with Gasteiger partial charge in [-0.2, -0.15) is 0 Å². The highest BCUT2D eigenvalue weighted by Gasteiger charge is 2.11. The molecule has 0 spiro atoms. The van der Waals surface area contributed by atoms with E-state index in [0.717, 1.165) is 23.7 Å². The van der Waals surface area contributed by atoms with Gasteiger partial charge in [0, 0.05) is 24.2 Å². The predicted molar refractivity (Wildman–Crippen MR) is 151 cm³/mol. The maximum absolute atomic E-state index is 12.1. The van der Waals surface area contributed by atoms with Gasteiger partial charge >= 0.3 is 0 Å². The molecule has 0 aromatic heterocycles. The summed E-state index contributed by atoms with van der Waals surface area (Å²) in [5.41, 5.74) is 2.13. The molecule has 0 bridgehead atoms. The van der Waals surface area contributed by atoms with Gasteiger partial charge in [-0.25, -0.2) is 8.42 Å². The minimum Gasteiger partial charge on any atom is -0.726 e. The molecule has 0 saturated heterocycles. The molecule has 1 aromatic rings. The summed E-state index contributed by atoms with van der Waals surface area (Å²) in [5, 5.41) is 3.02. The Kier molecular flexibility index (Phi) is 19.7. The van der Waals surface area contributed by atoms with E-state index in [1.807, 2.05) is 12.1 Å². The molecule has 0 atom stereocenters. The average Bonchev–Trinajstić information content (AvgIpc) is 2.81. The highest BCUT2D eigenvalue weighted by atomic mass is 32.3. The average molecular weight is 529 g/mol. The van der Waals surface area contributed by atoms with Gasteiger partial charge in [0.1, 0.15) is 5.69 Å². The second-order valence-electron chi connectivity index (χ2n) is 10.4. The molecular weight excluding hydrogens is 476 g/mol. The van der Waals surface area contributed by atoms with E-state index in [1.54, 1.807) is 0 Å². The Morgan fingerprint density at radius 3 is 1.47 bits per heavy atom. The number of unbranched alkanes of at least 4 members (excludes halogenated alkanes) is 14. The molecule has 0 saturated carbocycles. The van der Waals surface area contributed by atoms with E-state index in [4.69, 9.17) is 0 Å². The van der Waals surface area contributed by atoms with Crippen molar-refractivity contribution < 1.29 is 21.9 Å². The lowest BCUT2D eigenvalue weighted by atomic mass is 10.0. The SMILES string of the molecule is CCCCCCCCCCCCCCCCCC(=O)Nc1ccc([N+](C)(C)C)cc1.COS(=O)(=O)[O-]. The summed E-state index contributed by atoms with van der Waals surface area (Å²) in [5.74, 6) is 0.141. The zero-order valence-electron chi connectivity index (χ0n) is 23.5. The third kappa shape index (κ3) is 21.8. The highest BCUT2D eigenvalue weighted by molar-refractivity contribution is 7.80. The van der Waals surface area contributed by atoms with Gasteiger partial charge in [0.25, 0.3) is 0 Å². The molecule has 1 aromatic carbocycles. The number of amides is 1. The van der Waals surface area contributed by atoms with Crippen LogP contribution in [0.1, 0.15) is 110 Å².